The van der Waals surface area contributed by atoms with Crippen LogP contribution in [-0.2, 0) is 9.84 Å². The second kappa shape index (κ2) is 5.18. The molecule has 0 saturated carbocycles. The van der Waals surface area contributed by atoms with E-state index in [1.807, 2.05) is 31.2 Å². The smallest absolute Gasteiger partial charge is 0.230 e. The van der Waals surface area contributed by atoms with Crippen molar-refractivity contribution in [2.45, 2.75) is 31.4 Å². The minimum absolute atomic E-state index is 0.181. The fourth-order valence-electron chi connectivity index (χ4n) is 2.92. The van der Waals surface area contributed by atoms with E-state index in [4.69, 9.17) is 10.3 Å². The molecule has 1 atom stereocenters. The topological polar surface area (TPSA) is 86.2 Å². The summed E-state index contributed by atoms with van der Waals surface area (Å²) in [7, 11) is -3.18. The van der Waals surface area contributed by atoms with E-state index < -0.39 is 15.1 Å². The van der Waals surface area contributed by atoms with E-state index in [9.17, 15) is 8.42 Å². The molecule has 5 nitrogen and oxygen atoms in total. The lowest BCUT2D eigenvalue weighted by atomic mass is 9.98. The molecule has 0 bridgehead atoms. The summed E-state index contributed by atoms with van der Waals surface area (Å²) < 4.78 is 29.8. The van der Waals surface area contributed by atoms with Gasteiger partial charge >= 0.3 is 0 Å². The van der Waals surface area contributed by atoms with E-state index in [1.54, 1.807) is 0 Å². The zero-order valence-electron chi connectivity index (χ0n) is 11.9. The monoisotopic (exact) mass is 306 g/mol. The summed E-state index contributed by atoms with van der Waals surface area (Å²) in [5, 5.41) is 3.36. The van der Waals surface area contributed by atoms with Crippen LogP contribution in [0.1, 0.15) is 35.8 Å². The van der Waals surface area contributed by atoms with Gasteiger partial charge in [-0.05, 0) is 30.9 Å². The van der Waals surface area contributed by atoms with Gasteiger partial charge in [0.1, 0.15) is 10.9 Å². The van der Waals surface area contributed by atoms with Crippen molar-refractivity contribution in [1.82, 2.24) is 5.16 Å². The second-order valence-corrected chi connectivity index (χ2v) is 7.78. The van der Waals surface area contributed by atoms with Crippen LogP contribution in [0.2, 0.25) is 0 Å². The Morgan fingerprint density at radius 2 is 2.05 bits per heavy atom. The van der Waals surface area contributed by atoms with Gasteiger partial charge in [0.05, 0.1) is 11.3 Å². The van der Waals surface area contributed by atoms with Crippen LogP contribution >= 0.6 is 0 Å². The molecule has 1 unspecified atom stereocenters. The molecule has 1 saturated heterocycles. The Kier molecular flexibility index (Phi) is 3.49. The van der Waals surface area contributed by atoms with Crippen LogP contribution in [0, 0.1) is 6.92 Å². The van der Waals surface area contributed by atoms with Gasteiger partial charge in [0.2, 0.25) is 5.88 Å². The van der Waals surface area contributed by atoms with Crippen LogP contribution in [0.3, 0.4) is 0 Å². The maximum atomic E-state index is 12.3. The average Bonchev–Trinajstić information content (AvgIpc) is 2.80. The predicted molar refractivity (Wildman–Crippen MR) is 81.5 cm³/mol. The Hall–Kier alpha value is -1.82. The molecular formula is C15H18N2O3S. The number of aromatic nitrogens is 1. The van der Waals surface area contributed by atoms with Crippen LogP contribution in [0.15, 0.2) is 28.8 Å². The molecule has 0 spiro atoms. The third-order valence-corrected chi connectivity index (χ3v) is 6.23. The van der Waals surface area contributed by atoms with Crippen molar-refractivity contribution in [3.05, 3.63) is 35.5 Å². The van der Waals surface area contributed by atoms with E-state index >= 15 is 0 Å². The molecule has 2 heterocycles. The molecule has 1 aromatic carbocycles. The van der Waals surface area contributed by atoms with Crippen molar-refractivity contribution >= 4 is 15.7 Å². The number of nitrogens with zero attached hydrogens (tertiary/aromatic N) is 1. The first-order valence-electron chi connectivity index (χ1n) is 7.03. The summed E-state index contributed by atoms with van der Waals surface area (Å²) in [6.07, 6.45) is 2.17. The molecule has 21 heavy (non-hydrogen) atoms. The van der Waals surface area contributed by atoms with Crippen molar-refractivity contribution in [1.29, 1.82) is 0 Å². The number of nitrogen functional groups attached to an aromatic ring is 1. The average molecular weight is 306 g/mol. The van der Waals surface area contributed by atoms with Crippen LogP contribution in [-0.4, -0.2) is 19.3 Å². The predicted octanol–water partition coefficient (Wildman–Crippen LogP) is 2.87. The van der Waals surface area contributed by atoms with Gasteiger partial charge in [0.15, 0.2) is 9.84 Å². The summed E-state index contributed by atoms with van der Waals surface area (Å²) >= 11 is 0. The molecule has 1 fully saturated rings. The Balaban J connectivity index is 2.16. The molecule has 6 heteroatoms. The van der Waals surface area contributed by atoms with E-state index in [0.717, 1.165) is 17.5 Å². The molecular weight excluding hydrogens is 288 g/mol. The zero-order valence-corrected chi connectivity index (χ0v) is 12.7. The van der Waals surface area contributed by atoms with Gasteiger partial charge in [0, 0.05) is 0 Å². The maximum absolute atomic E-state index is 12.3. The van der Waals surface area contributed by atoms with Crippen LogP contribution in [0.25, 0.3) is 11.1 Å². The molecule has 112 valence electrons. The first kappa shape index (κ1) is 14.1. The third-order valence-electron chi connectivity index (χ3n) is 4.04. The van der Waals surface area contributed by atoms with Gasteiger partial charge in [-0.2, -0.15) is 0 Å². The summed E-state index contributed by atoms with van der Waals surface area (Å²) in [6, 6.07) is 7.70. The minimum Gasteiger partial charge on any atom is -0.367 e. The highest BCUT2D eigenvalue weighted by Crippen LogP contribution is 2.41. The highest BCUT2D eigenvalue weighted by Gasteiger charge is 2.36. The highest BCUT2D eigenvalue weighted by atomic mass is 32.2. The summed E-state index contributed by atoms with van der Waals surface area (Å²) in [5.41, 5.74) is 8.90. The van der Waals surface area contributed by atoms with Gasteiger partial charge in [-0.3, -0.25) is 0 Å². The van der Waals surface area contributed by atoms with Crippen LogP contribution in [0.4, 0.5) is 5.88 Å². The SMILES string of the molecule is Cc1ccccc1-c1c(C2CCCCS2(=O)=O)noc1N. The molecule has 1 aliphatic heterocycles. The molecule has 2 aromatic rings. The molecule has 0 aliphatic carbocycles. The lowest BCUT2D eigenvalue weighted by Gasteiger charge is -2.21. The van der Waals surface area contributed by atoms with Crippen LogP contribution < -0.4 is 5.73 Å². The number of benzene rings is 1. The fourth-order valence-corrected chi connectivity index (χ4v) is 4.84. The van der Waals surface area contributed by atoms with Crippen molar-refractivity contribution in [3.63, 3.8) is 0 Å². The fraction of sp³-hybridized carbons (Fsp3) is 0.400. The van der Waals surface area contributed by atoms with Gasteiger partial charge in [-0.15, -0.1) is 0 Å². The standard InChI is InChI=1S/C15H18N2O3S/c1-10-6-2-3-7-11(10)13-14(17-20-15(13)16)12-8-4-5-9-21(12,18)19/h2-3,6-7,12H,4-5,8-9,16H2,1H3. The lowest BCUT2D eigenvalue weighted by Crippen LogP contribution is -2.22. The summed E-state index contributed by atoms with van der Waals surface area (Å²) in [5.74, 6) is 0.387. The van der Waals surface area contributed by atoms with Gasteiger partial charge in [0.25, 0.3) is 0 Å². The first-order chi connectivity index (χ1) is 10.0. The maximum Gasteiger partial charge on any atom is 0.230 e. The molecule has 0 amide bonds. The van der Waals surface area contributed by atoms with E-state index in [1.165, 1.54) is 0 Å². The molecule has 0 radical (unpaired) electrons. The number of anilines is 1. The molecule has 1 aromatic heterocycles. The number of sulfone groups is 1. The lowest BCUT2D eigenvalue weighted by molar-refractivity contribution is 0.421. The van der Waals surface area contributed by atoms with Gasteiger partial charge < -0.3 is 10.3 Å². The number of rotatable bonds is 2. The van der Waals surface area contributed by atoms with E-state index in [2.05, 4.69) is 5.16 Å². The van der Waals surface area contributed by atoms with Gasteiger partial charge in [-0.1, -0.05) is 35.8 Å². The van der Waals surface area contributed by atoms with Crippen molar-refractivity contribution in [3.8, 4) is 11.1 Å². The third kappa shape index (κ3) is 2.44. The largest absolute Gasteiger partial charge is 0.367 e. The van der Waals surface area contributed by atoms with E-state index in [-0.39, 0.29) is 11.6 Å². The highest BCUT2D eigenvalue weighted by molar-refractivity contribution is 7.91. The zero-order chi connectivity index (χ0) is 15.0. The second-order valence-electron chi connectivity index (χ2n) is 5.47. The Labute approximate surface area is 124 Å². The molecule has 2 N–H and O–H groups in total. The Morgan fingerprint density at radius 1 is 1.29 bits per heavy atom. The summed E-state index contributed by atoms with van der Waals surface area (Å²) in [4.78, 5) is 0. The number of aryl methyl sites for hydroxylation is 1. The Bertz CT molecular complexity index is 765. The Morgan fingerprint density at radius 3 is 2.76 bits per heavy atom. The van der Waals surface area contributed by atoms with Crippen molar-refractivity contribution < 1.29 is 12.9 Å². The normalized spacial score (nSPS) is 21.3. The number of hydrogen-bond donors (Lipinski definition) is 1. The molecule has 3 rings (SSSR count). The van der Waals surface area contributed by atoms with Crippen molar-refractivity contribution in [2.24, 2.45) is 0 Å². The summed E-state index contributed by atoms with van der Waals surface area (Å²) in [6.45, 7) is 1.96. The van der Waals surface area contributed by atoms with Gasteiger partial charge in [-0.25, -0.2) is 8.42 Å². The number of nitrogens with two attached hydrogens (primary N) is 1. The quantitative estimate of drug-likeness (QED) is 0.922. The minimum atomic E-state index is -3.18. The first-order valence-corrected chi connectivity index (χ1v) is 8.75. The number of hydrogen-bond acceptors (Lipinski definition) is 5. The van der Waals surface area contributed by atoms with E-state index in [0.29, 0.717) is 24.1 Å². The molecule has 1 aliphatic rings. The van der Waals surface area contributed by atoms with Crippen molar-refractivity contribution in [2.75, 3.05) is 11.5 Å². The van der Waals surface area contributed by atoms with Crippen LogP contribution in [0.5, 0.6) is 0 Å².